The van der Waals surface area contributed by atoms with Gasteiger partial charge in [0.15, 0.2) is 0 Å². The molecule has 2 bridgehead atoms. The summed E-state index contributed by atoms with van der Waals surface area (Å²) in [5.41, 5.74) is 0. The zero-order valence-electron chi connectivity index (χ0n) is 6.87. The maximum absolute atomic E-state index is 9.72. The Kier molecular flexibility index (Phi) is 1.18. The van der Waals surface area contributed by atoms with Crippen molar-refractivity contribution in [2.75, 3.05) is 0 Å². The Labute approximate surface area is 67.8 Å². The molecule has 0 aromatic heterocycles. The third kappa shape index (κ3) is 0.703. The van der Waals surface area contributed by atoms with Gasteiger partial charge in [-0.25, -0.2) is 0 Å². The van der Waals surface area contributed by atoms with Crippen molar-refractivity contribution in [3.63, 3.8) is 0 Å². The van der Waals surface area contributed by atoms with Crippen molar-refractivity contribution < 1.29 is 5.11 Å². The van der Waals surface area contributed by atoms with E-state index in [0.717, 1.165) is 30.1 Å². The van der Waals surface area contributed by atoms with Gasteiger partial charge in [0.2, 0.25) is 0 Å². The number of aliphatic hydroxyl groups is 1. The van der Waals surface area contributed by atoms with E-state index in [2.05, 4.69) is 0 Å². The molecule has 0 radical (unpaired) electrons. The standard InChI is InChI=1S/C10H16O/c11-9-4-3-8-6-1-2-7(5-6)10(8)9/h6-11H,1-5H2/t6-,7-,8+,9+,10-/m1/s1. The number of aliphatic hydroxyl groups excluding tert-OH is 1. The van der Waals surface area contributed by atoms with Gasteiger partial charge in [0, 0.05) is 0 Å². The summed E-state index contributed by atoms with van der Waals surface area (Å²) in [6.07, 6.45) is 6.85. The lowest BCUT2D eigenvalue weighted by Crippen LogP contribution is -2.24. The highest BCUT2D eigenvalue weighted by atomic mass is 16.3. The number of rotatable bonds is 0. The molecule has 0 heterocycles. The molecule has 0 aliphatic heterocycles. The van der Waals surface area contributed by atoms with Gasteiger partial charge in [0.05, 0.1) is 6.10 Å². The topological polar surface area (TPSA) is 20.2 Å². The molecule has 3 rings (SSSR count). The fourth-order valence-corrected chi connectivity index (χ4v) is 4.04. The van der Waals surface area contributed by atoms with Gasteiger partial charge in [-0.05, 0) is 55.8 Å². The van der Waals surface area contributed by atoms with E-state index in [1.165, 1.54) is 25.7 Å². The first-order chi connectivity index (χ1) is 5.36. The SMILES string of the molecule is O[C@H]1CC[C@H]2[C@@H]3CC[C@H](C3)[C@H]21. The Morgan fingerprint density at radius 3 is 2.55 bits per heavy atom. The van der Waals surface area contributed by atoms with E-state index in [1.54, 1.807) is 0 Å². The quantitative estimate of drug-likeness (QED) is 0.561. The Morgan fingerprint density at radius 2 is 1.73 bits per heavy atom. The van der Waals surface area contributed by atoms with E-state index in [9.17, 15) is 5.11 Å². The lowest BCUT2D eigenvalue weighted by atomic mass is 9.81. The van der Waals surface area contributed by atoms with Crippen molar-refractivity contribution in [1.29, 1.82) is 0 Å². The van der Waals surface area contributed by atoms with Gasteiger partial charge in [-0.15, -0.1) is 0 Å². The zero-order valence-corrected chi connectivity index (χ0v) is 6.87. The lowest BCUT2D eigenvalue weighted by Gasteiger charge is -2.26. The Morgan fingerprint density at radius 1 is 0.909 bits per heavy atom. The van der Waals surface area contributed by atoms with Crippen LogP contribution in [0.2, 0.25) is 0 Å². The summed E-state index contributed by atoms with van der Waals surface area (Å²) < 4.78 is 0. The molecule has 11 heavy (non-hydrogen) atoms. The van der Waals surface area contributed by atoms with Crippen LogP contribution in [-0.4, -0.2) is 11.2 Å². The fraction of sp³-hybridized carbons (Fsp3) is 1.00. The largest absolute Gasteiger partial charge is 0.393 e. The second-order valence-electron chi connectivity index (χ2n) is 4.72. The zero-order chi connectivity index (χ0) is 7.42. The van der Waals surface area contributed by atoms with Gasteiger partial charge < -0.3 is 5.11 Å². The molecule has 1 N–H and O–H groups in total. The van der Waals surface area contributed by atoms with Crippen LogP contribution in [0.25, 0.3) is 0 Å². The predicted octanol–water partition coefficient (Wildman–Crippen LogP) is 1.80. The minimum Gasteiger partial charge on any atom is -0.393 e. The van der Waals surface area contributed by atoms with Crippen LogP contribution < -0.4 is 0 Å². The van der Waals surface area contributed by atoms with Gasteiger partial charge in [0.1, 0.15) is 0 Å². The monoisotopic (exact) mass is 152 g/mol. The van der Waals surface area contributed by atoms with Crippen molar-refractivity contribution in [2.45, 2.75) is 38.2 Å². The molecule has 0 aromatic rings. The van der Waals surface area contributed by atoms with E-state index >= 15 is 0 Å². The van der Waals surface area contributed by atoms with Crippen LogP contribution in [0, 0.1) is 23.7 Å². The van der Waals surface area contributed by atoms with E-state index in [1.807, 2.05) is 0 Å². The first-order valence-corrected chi connectivity index (χ1v) is 5.04. The first kappa shape index (κ1) is 6.47. The van der Waals surface area contributed by atoms with E-state index < -0.39 is 0 Å². The van der Waals surface area contributed by atoms with Gasteiger partial charge in [-0.2, -0.15) is 0 Å². The Bertz CT molecular complexity index is 178. The van der Waals surface area contributed by atoms with E-state index in [0.29, 0.717) is 0 Å². The van der Waals surface area contributed by atoms with Gasteiger partial charge in [-0.3, -0.25) is 0 Å². The average Bonchev–Trinajstić information content (AvgIpc) is 2.60. The molecule has 0 spiro atoms. The highest BCUT2D eigenvalue weighted by Crippen LogP contribution is 2.58. The summed E-state index contributed by atoms with van der Waals surface area (Å²) >= 11 is 0. The Hall–Kier alpha value is -0.0400. The van der Waals surface area contributed by atoms with Crippen LogP contribution in [-0.2, 0) is 0 Å². The summed E-state index contributed by atoms with van der Waals surface area (Å²) in [6.45, 7) is 0. The van der Waals surface area contributed by atoms with Crippen molar-refractivity contribution in [1.82, 2.24) is 0 Å². The molecule has 3 fully saturated rings. The van der Waals surface area contributed by atoms with Gasteiger partial charge in [0.25, 0.3) is 0 Å². The number of fused-ring (bicyclic) bond motifs is 5. The lowest BCUT2D eigenvalue weighted by molar-refractivity contribution is 0.0863. The van der Waals surface area contributed by atoms with E-state index in [-0.39, 0.29) is 6.10 Å². The molecular formula is C10H16O. The third-order valence-electron chi connectivity index (χ3n) is 4.40. The molecule has 0 saturated heterocycles. The molecule has 5 atom stereocenters. The third-order valence-corrected chi connectivity index (χ3v) is 4.40. The molecule has 1 heteroatoms. The molecular weight excluding hydrogens is 136 g/mol. The highest BCUT2D eigenvalue weighted by molar-refractivity contribution is 5.02. The average molecular weight is 152 g/mol. The van der Waals surface area contributed by atoms with Crippen molar-refractivity contribution in [3.8, 4) is 0 Å². The van der Waals surface area contributed by atoms with Crippen molar-refractivity contribution >= 4 is 0 Å². The van der Waals surface area contributed by atoms with Crippen LogP contribution in [0.15, 0.2) is 0 Å². The molecule has 3 saturated carbocycles. The maximum Gasteiger partial charge on any atom is 0.0573 e. The summed E-state index contributed by atoms with van der Waals surface area (Å²) in [5, 5.41) is 9.72. The fourth-order valence-electron chi connectivity index (χ4n) is 4.04. The minimum atomic E-state index is 0.0790. The van der Waals surface area contributed by atoms with Crippen molar-refractivity contribution in [2.24, 2.45) is 23.7 Å². The molecule has 0 aromatic carbocycles. The molecule has 0 unspecified atom stereocenters. The summed E-state index contributed by atoms with van der Waals surface area (Å²) in [4.78, 5) is 0. The highest BCUT2D eigenvalue weighted by Gasteiger charge is 2.52. The normalized spacial score (nSPS) is 60.3. The number of hydrogen-bond acceptors (Lipinski definition) is 1. The van der Waals surface area contributed by atoms with E-state index in [4.69, 9.17) is 0 Å². The molecule has 3 aliphatic carbocycles. The van der Waals surface area contributed by atoms with Gasteiger partial charge in [-0.1, -0.05) is 0 Å². The predicted molar refractivity (Wildman–Crippen MR) is 43.1 cm³/mol. The second-order valence-corrected chi connectivity index (χ2v) is 4.72. The van der Waals surface area contributed by atoms with Crippen LogP contribution in [0.5, 0.6) is 0 Å². The first-order valence-electron chi connectivity index (χ1n) is 5.04. The second kappa shape index (κ2) is 2.01. The maximum atomic E-state index is 9.72. The van der Waals surface area contributed by atoms with Gasteiger partial charge >= 0.3 is 0 Å². The molecule has 3 aliphatic rings. The van der Waals surface area contributed by atoms with Crippen LogP contribution in [0.4, 0.5) is 0 Å². The van der Waals surface area contributed by atoms with Crippen LogP contribution in [0.3, 0.4) is 0 Å². The Balaban J connectivity index is 1.91. The smallest absolute Gasteiger partial charge is 0.0573 e. The molecule has 1 nitrogen and oxygen atoms in total. The summed E-state index contributed by atoms with van der Waals surface area (Å²) in [7, 11) is 0. The summed E-state index contributed by atoms with van der Waals surface area (Å²) in [5.74, 6) is 3.60. The number of hydrogen-bond donors (Lipinski definition) is 1. The molecule has 62 valence electrons. The van der Waals surface area contributed by atoms with Crippen molar-refractivity contribution in [3.05, 3.63) is 0 Å². The van der Waals surface area contributed by atoms with Crippen LogP contribution >= 0.6 is 0 Å². The van der Waals surface area contributed by atoms with Crippen LogP contribution in [0.1, 0.15) is 32.1 Å². The molecule has 0 amide bonds. The summed E-state index contributed by atoms with van der Waals surface area (Å²) in [6, 6.07) is 0. The minimum absolute atomic E-state index is 0.0790.